The fraction of sp³-hybridized carbons (Fsp3) is 0.316. The molecule has 104 valence electrons. The Morgan fingerprint density at radius 3 is 2.15 bits per heavy atom. The van der Waals surface area contributed by atoms with E-state index in [2.05, 4.69) is 44.2 Å². The predicted molar refractivity (Wildman–Crippen MR) is 85.4 cm³/mol. The molecule has 1 nitrogen and oxygen atoms in total. The minimum absolute atomic E-state index is 0.220. The molecule has 0 N–H and O–H groups in total. The maximum absolute atomic E-state index is 12.1. The number of rotatable bonds is 4. The lowest BCUT2D eigenvalue weighted by atomic mass is 9.92. The van der Waals surface area contributed by atoms with Gasteiger partial charge in [-0.1, -0.05) is 44.2 Å². The minimum atomic E-state index is 0.220. The Kier molecular flexibility index (Phi) is 4.39. The predicted octanol–water partition coefficient (Wildman–Crippen LogP) is 5.13. The number of carbonyl (C=O) groups excluding carboxylic acids is 1. The average molecular weight is 266 g/mol. The van der Waals surface area contributed by atoms with E-state index < -0.39 is 0 Å². The molecular formula is C19H22O. The van der Waals surface area contributed by atoms with Crippen molar-refractivity contribution in [1.82, 2.24) is 0 Å². The van der Waals surface area contributed by atoms with Gasteiger partial charge in [0.15, 0.2) is 5.78 Å². The lowest BCUT2D eigenvalue weighted by Gasteiger charge is -2.11. The van der Waals surface area contributed by atoms with Crippen molar-refractivity contribution in [3.05, 3.63) is 58.7 Å². The van der Waals surface area contributed by atoms with Crippen molar-refractivity contribution >= 4 is 5.78 Å². The van der Waals surface area contributed by atoms with Crippen LogP contribution in [0.15, 0.2) is 36.4 Å². The van der Waals surface area contributed by atoms with Gasteiger partial charge in [-0.15, -0.1) is 0 Å². The van der Waals surface area contributed by atoms with E-state index in [4.69, 9.17) is 0 Å². The number of carbonyl (C=O) groups is 1. The highest BCUT2D eigenvalue weighted by molar-refractivity contribution is 5.98. The summed E-state index contributed by atoms with van der Waals surface area (Å²) in [5.41, 5.74) is 6.79. The molecule has 0 spiro atoms. The summed E-state index contributed by atoms with van der Waals surface area (Å²) in [6.07, 6.45) is 1.60. The van der Waals surface area contributed by atoms with Crippen LogP contribution in [0.3, 0.4) is 0 Å². The molecule has 0 saturated heterocycles. The second-order valence-corrected chi connectivity index (χ2v) is 5.29. The van der Waals surface area contributed by atoms with Crippen LogP contribution in [-0.4, -0.2) is 5.78 Å². The molecule has 0 bridgehead atoms. The van der Waals surface area contributed by atoms with Crippen molar-refractivity contribution in [3.8, 4) is 11.1 Å². The first-order valence-corrected chi connectivity index (χ1v) is 7.30. The quantitative estimate of drug-likeness (QED) is 0.701. The van der Waals surface area contributed by atoms with Gasteiger partial charge >= 0.3 is 0 Å². The van der Waals surface area contributed by atoms with Crippen molar-refractivity contribution in [2.75, 3.05) is 0 Å². The monoisotopic (exact) mass is 266 g/mol. The first-order chi connectivity index (χ1) is 9.56. The Morgan fingerprint density at radius 2 is 1.60 bits per heavy atom. The smallest absolute Gasteiger partial charge is 0.162 e. The van der Waals surface area contributed by atoms with Crippen molar-refractivity contribution in [2.45, 2.75) is 40.5 Å². The number of hydrogen-bond donors (Lipinski definition) is 0. The number of benzene rings is 2. The van der Waals surface area contributed by atoms with Crippen LogP contribution in [0.5, 0.6) is 0 Å². The second-order valence-electron chi connectivity index (χ2n) is 5.29. The van der Waals surface area contributed by atoms with E-state index >= 15 is 0 Å². The van der Waals surface area contributed by atoms with Crippen LogP contribution in [0.25, 0.3) is 11.1 Å². The first-order valence-electron chi connectivity index (χ1n) is 7.30. The van der Waals surface area contributed by atoms with Crippen molar-refractivity contribution in [1.29, 1.82) is 0 Å². The zero-order chi connectivity index (χ0) is 14.7. The van der Waals surface area contributed by atoms with Gasteiger partial charge in [0.25, 0.3) is 0 Å². The summed E-state index contributed by atoms with van der Waals surface area (Å²) in [6, 6.07) is 12.8. The summed E-state index contributed by atoms with van der Waals surface area (Å²) in [7, 11) is 0. The van der Waals surface area contributed by atoms with E-state index in [1.807, 2.05) is 19.9 Å². The van der Waals surface area contributed by atoms with Gasteiger partial charge in [-0.3, -0.25) is 4.79 Å². The molecule has 1 heteroatoms. The number of ketones is 1. The summed E-state index contributed by atoms with van der Waals surface area (Å²) >= 11 is 0. The molecule has 20 heavy (non-hydrogen) atoms. The molecule has 0 atom stereocenters. The van der Waals surface area contributed by atoms with Crippen molar-refractivity contribution < 1.29 is 4.79 Å². The number of Topliss-reactive ketones (excluding diaryl/α,β-unsaturated/α-hetero) is 1. The maximum Gasteiger partial charge on any atom is 0.162 e. The second kappa shape index (κ2) is 6.04. The zero-order valence-electron chi connectivity index (χ0n) is 12.8. The van der Waals surface area contributed by atoms with Gasteiger partial charge in [0, 0.05) is 12.0 Å². The van der Waals surface area contributed by atoms with Crippen LogP contribution in [0.1, 0.15) is 47.3 Å². The van der Waals surface area contributed by atoms with E-state index in [0.717, 1.165) is 23.1 Å². The molecule has 0 unspecified atom stereocenters. The summed E-state index contributed by atoms with van der Waals surface area (Å²) in [4.78, 5) is 12.1. The largest absolute Gasteiger partial charge is 0.294 e. The van der Waals surface area contributed by atoms with Gasteiger partial charge in [0.05, 0.1) is 0 Å². The zero-order valence-corrected chi connectivity index (χ0v) is 12.8. The maximum atomic E-state index is 12.1. The summed E-state index contributed by atoms with van der Waals surface area (Å²) in [5, 5.41) is 0. The summed E-state index contributed by atoms with van der Waals surface area (Å²) < 4.78 is 0. The third-order valence-corrected chi connectivity index (χ3v) is 3.98. The van der Waals surface area contributed by atoms with Crippen LogP contribution in [0.4, 0.5) is 0 Å². The molecule has 2 aromatic carbocycles. The third-order valence-electron chi connectivity index (χ3n) is 3.98. The van der Waals surface area contributed by atoms with E-state index in [-0.39, 0.29) is 5.78 Å². The van der Waals surface area contributed by atoms with Crippen LogP contribution in [0.2, 0.25) is 0 Å². The molecule has 2 aromatic rings. The van der Waals surface area contributed by atoms with E-state index in [0.29, 0.717) is 6.42 Å². The number of hydrogen-bond acceptors (Lipinski definition) is 1. The Hall–Kier alpha value is -1.89. The molecular weight excluding hydrogens is 244 g/mol. The third kappa shape index (κ3) is 2.82. The van der Waals surface area contributed by atoms with Crippen molar-refractivity contribution in [3.63, 3.8) is 0 Å². The number of aryl methyl sites for hydroxylation is 2. The van der Waals surface area contributed by atoms with Gasteiger partial charge < -0.3 is 0 Å². The lowest BCUT2D eigenvalue weighted by molar-refractivity contribution is 0.0987. The average Bonchev–Trinajstić information content (AvgIpc) is 2.49. The van der Waals surface area contributed by atoms with Crippen LogP contribution in [-0.2, 0) is 6.42 Å². The van der Waals surface area contributed by atoms with Gasteiger partial charge in [0.2, 0.25) is 0 Å². The Balaban J connectivity index is 2.51. The standard InChI is InChI=1S/C19H22O/c1-5-15-7-9-16(10-8-15)17-11-13(3)14(4)18(12-17)19(20)6-2/h7-12H,5-6H2,1-4H3. The summed E-state index contributed by atoms with van der Waals surface area (Å²) in [5.74, 6) is 0.220. The highest BCUT2D eigenvalue weighted by Crippen LogP contribution is 2.26. The lowest BCUT2D eigenvalue weighted by Crippen LogP contribution is -2.02. The van der Waals surface area contributed by atoms with Gasteiger partial charge in [-0.2, -0.15) is 0 Å². The molecule has 0 saturated carbocycles. The Labute approximate surface area is 121 Å². The molecule has 0 fully saturated rings. The fourth-order valence-corrected chi connectivity index (χ4v) is 2.44. The molecule has 0 aliphatic carbocycles. The molecule has 0 aliphatic rings. The van der Waals surface area contributed by atoms with E-state index in [1.54, 1.807) is 0 Å². The Morgan fingerprint density at radius 1 is 0.950 bits per heavy atom. The topological polar surface area (TPSA) is 17.1 Å². The van der Waals surface area contributed by atoms with Crippen LogP contribution < -0.4 is 0 Å². The molecule has 0 amide bonds. The molecule has 2 rings (SSSR count). The van der Waals surface area contributed by atoms with Crippen molar-refractivity contribution in [2.24, 2.45) is 0 Å². The highest BCUT2D eigenvalue weighted by atomic mass is 16.1. The van der Waals surface area contributed by atoms with E-state index in [1.165, 1.54) is 16.7 Å². The molecule has 0 radical (unpaired) electrons. The fourth-order valence-electron chi connectivity index (χ4n) is 2.44. The van der Waals surface area contributed by atoms with Crippen LogP contribution >= 0.6 is 0 Å². The molecule has 0 aromatic heterocycles. The summed E-state index contributed by atoms with van der Waals surface area (Å²) in [6.45, 7) is 8.18. The van der Waals surface area contributed by atoms with Gasteiger partial charge in [0.1, 0.15) is 0 Å². The minimum Gasteiger partial charge on any atom is -0.294 e. The first kappa shape index (κ1) is 14.5. The van der Waals surface area contributed by atoms with Gasteiger partial charge in [-0.25, -0.2) is 0 Å². The van der Waals surface area contributed by atoms with E-state index in [9.17, 15) is 4.79 Å². The van der Waals surface area contributed by atoms with Crippen LogP contribution in [0, 0.1) is 13.8 Å². The van der Waals surface area contributed by atoms with Gasteiger partial charge in [-0.05, 0) is 54.2 Å². The molecule has 0 aliphatic heterocycles. The Bertz CT molecular complexity index is 621. The normalized spacial score (nSPS) is 10.6. The molecule has 0 heterocycles. The SMILES string of the molecule is CCC(=O)c1cc(-c2ccc(CC)cc2)cc(C)c1C. The highest BCUT2D eigenvalue weighted by Gasteiger charge is 2.11.